The molecule has 0 aliphatic heterocycles. The average Bonchev–Trinajstić information content (AvgIpc) is 3.20. The molecular formula is C15H22N2O2. The molecule has 0 aromatic heterocycles. The van der Waals surface area contributed by atoms with Gasteiger partial charge in [0.15, 0.2) is 0 Å². The topological polar surface area (TPSA) is 64.3 Å². The van der Waals surface area contributed by atoms with E-state index in [1.165, 1.54) is 5.56 Å². The van der Waals surface area contributed by atoms with Crippen molar-refractivity contribution in [3.05, 3.63) is 29.3 Å². The van der Waals surface area contributed by atoms with Crippen LogP contribution in [0, 0.1) is 12.3 Å². The Morgan fingerprint density at radius 3 is 2.74 bits per heavy atom. The number of ether oxygens (including phenoxy) is 1. The molecule has 0 spiro atoms. The van der Waals surface area contributed by atoms with E-state index in [0.717, 1.165) is 30.6 Å². The van der Waals surface area contributed by atoms with Crippen molar-refractivity contribution in [1.82, 2.24) is 5.32 Å². The Kier molecular flexibility index (Phi) is 4.10. The fourth-order valence-corrected chi connectivity index (χ4v) is 2.28. The molecule has 0 heterocycles. The lowest BCUT2D eigenvalue weighted by atomic mass is 10.1. The minimum atomic E-state index is -0.254. The number of carbonyl (C=O) groups is 1. The highest BCUT2D eigenvalue weighted by molar-refractivity contribution is 5.85. The molecule has 0 radical (unpaired) electrons. The molecule has 104 valence electrons. The highest BCUT2D eigenvalue weighted by atomic mass is 16.5. The number of nitrogens with two attached hydrogens (primary N) is 1. The first-order valence-corrected chi connectivity index (χ1v) is 6.73. The van der Waals surface area contributed by atoms with Crippen molar-refractivity contribution in [3.63, 3.8) is 0 Å². The molecule has 4 nitrogen and oxygen atoms in total. The van der Waals surface area contributed by atoms with E-state index in [4.69, 9.17) is 10.5 Å². The van der Waals surface area contributed by atoms with Crippen LogP contribution in [0.25, 0.3) is 0 Å². The average molecular weight is 262 g/mol. The Hall–Kier alpha value is -1.55. The molecule has 4 heteroatoms. The predicted molar refractivity (Wildman–Crippen MR) is 75.2 cm³/mol. The Bertz CT molecular complexity index is 467. The Balaban J connectivity index is 1.83. The van der Waals surface area contributed by atoms with Crippen molar-refractivity contribution in [1.29, 1.82) is 0 Å². The molecule has 1 amide bonds. The molecule has 19 heavy (non-hydrogen) atoms. The number of methoxy groups -OCH3 is 1. The van der Waals surface area contributed by atoms with Gasteiger partial charge in [0.25, 0.3) is 0 Å². The lowest BCUT2D eigenvalue weighted by Crippen LogP contribution is -2.37. The third-order valence-electron chi connectivity index (χ3n) is 3.88. The second-order valence-electron chi connectivity index (χ2n) is 5.29. The molecule has 1 aromatic rings. The summed E-state index contributed by atoms with van der Waals surface area (Å²) < 4.78 is 5.23. The smallest absolute Gasteiger partial charge is 0.227 e. The molecular weight excluding hydrogens is 240 g/mol. The maximum Gasteiger partial charge on any atom is 0.227 e. The van der Waals surface area contributed by atoms with Gasteiger partial charge in [-0.05, 0) is 43.4 Å². The van der Waals surface area contributed by atoms with Crippen molar-refractivity contribution < 1.29 is 9.53 Å². The molecule has 1 fully saturated rings. The molecule has 0 saturated heterocycles. The number of aryl methyl sites for hydroxylation is 1. The van der Waals surface area contributed by atoms with Gasteiger partial charge in [-0.15, -0.1) is 0 Å². The summed E-state index contributed by atoms with van der Waals surface area (Å²) in [7, 11) is 1.67. The van der Waals surface area contributed by atoms with Crippen LogP contribution in [-0.4, -0.2) is 26.1 Å². The van der Waals surface area contributed by atoms with Crippen molar-refractivity contribution in [2.24, 2.45) is 11.1 Å². The van der Waals surface area contributed by atoms with Crippen molar-refractivity contribution in [3.8, 4) is 5.75 Å². The van der Waals surface area contributed by atoms with Gasteiger partial charge in [0.1, 0.15) is 5.75 Å². The van der Waals surface area contributed by atoms with Gasteiger partial charge in [-0.2, -0.15) is 0 Å². The van der Waals surface area contributed by atoms with Crippen molar-refractivity contribution in [2.75, 3.05) is 20.2 Å². The molecule has 1 aliphatic rings. The first-order chi connectivity index (χ1) is 9.11. The summed E-state index contributed by atoms with van der Waals surface area (Å²) in [5.74, 6) is 1.01. The lowest BCUT2D eigenvalue weighted by molar-refractivity contribution is -0.125. The number of hydrogen-bond acceptors (Lipinski definition) is 3. The molecule has 1 aromatic carbocycles. The SMILES string of the molecule is COc1ccc(CCNC(=O)C2(CN)CC2)cc1C. The number of nitrogens with one attached hydrogen (secondary N) is 1. The maximum atomic E-state index is 11.9. The molecule has 0 bridgehead atoms. The Morgan fingerprint density at radius 1 is 1.47 bits per heavy atom. The van der Waals surface area contributed by atoms with E-state index in [2.05, 4.69) is 11.4 Å². The van der Waals surface area contributed by atoms with Gasteiger partial charge in [-0.3, -0.25) is 4.79 Å². The van der Waals surface area contributed by atoms with Crippen LogP contribution in [0.3, 0.4) is 0 Å². The van der Waals surface area contributed by atoms with Crippen LogP contribution < -0.4 is 15.8 Å². The van der Waals surface area contributed by atoms with Gasteiger partial charge in [-0.1, -0.05) is 12.1 Å². The molecule has 3 N–H and O–H groups in total. The fourth-order valence-electron chi connectivity index (χ4n) is 2.28. The van der Waals surface area contributed by atoms with Crippen LogP contribution in [-0.2, 0) is 11.2 Å². The summed E-state index contributed by atoms with van der Waals surface area (Å²) in [5, 5.41) is 2.98. The van der Waals surface area contributed by atoms with E-state index < -0.39 is 0 Å². The molecule has 0 atom stereocenters. The zero-order valence-corrected chi connectivity index (χ0v) is 11.7. The Labute approximate surface area is 114 Å². The second kappa shape index (κ2) is 5.61. The van der Waals surface area contributed by atoms with Gasteiger partial charge >= 0.3 is 0 Å². The van der Waals surface area contributed by atoms with Gasteiger partial charge in [0, 0.05) is 13.1 Å². The third kappa shape index (κ3) is 3.07. The van der Waals surface area contributed by atoms with Crippen molar-refractivity contribution in [2.45, 2.75) is 26.2 Å². The summed E-state index contributed by atoms with van der Waals surface area (Å²) in [6.07, 6.45) is 2.69. The molecule has 1 aliphatic carbocycles. The Morgan fingerprint density at radius 2 is 2.21 bits per heavy atom. The quantitative estimate of drug-likeness (QED) is 0.814. The van der Waals surface area contributed by atoms with E-state index >= 15 is 0 Å². The number of amides is 1. The molecule has 0 unspecified atom stereocenters. The van der Waals surface area contributed by atoms with Gasteiger partial charge in [-0.25, -0.2) is 0 Å². The first kappa shape index (κ1) is 13.9. The van der Waals surface area contributed by atoms with Crippen LogP contribution in [0.4, 0.5) is 0 Å². The van der Waals surface area contributed by atoms with Crippen LogP contribution >= 0.6 is 0 Å². The van der Waals surface area contributed by atoms with E-state index in [1.54, 1.807) is 7.11 Å². The maximum absolute atomic E-state index is 11.9. The third-order valence-corrected chi connectivity index (χ3v) is 3.88. The summed E-state index contributed by atoms with van der Waals surface area (Å²) in [6, 6.07) is 6.10. The number of rotatable bonds is 6. The predicted octanol–water partition coefficient (Wildman–Crippen LogP) is 1.40. The van der Waals surface area contributed by atoms with Gasteiger partial charge < -0.3 is 15.8 Å². The highest BCUT2D eigenvalue weighted by Crippen LogP contribution is 2.44. The zero-order valence-electron chi connectivity index (χ0n) is 11.7. The van der Waals surface area contributed by atoms with Crippen LogP contribution in [0.1, 0.15) is 24.0 Å². The highest BCUT2D eigenvalue weighted by Gasteiger charge is 2.48. The number of benzene rings is 1. The van der Waals surface area contributed by atoms with Crippen LogP contribution in [0.2, 0.25) is 0 Å². The summed E-state index contributed by atoms with van der Waals surface area (Å²) in [5.41, 5.74) is 7.70. The summed E-state index contributed by atoms with van der Waals surface area (Å²) >= 11 is 0. The minimum absolute atomic E-state index is 0.111. The zero-order chi connectivity index (χ0) is 13.9. The molecule has 1 saturated carbocycles. The van der Waals surface area contributed by atoms with E-state index in [0.29, 0.717) is 13.1 Å². The van der Waals surface area contributed by atoms with Gasteiger partial charge in [0.2, 0.25) is 5.91 Å². The second-order valence-corrected chi connectivity index (χ2v) is 5.29. The number of hydrogen-bond donors (Lipinski definition) is 2. The van der Waals surface area contributed by atoms with Gasteiger partial charge in [0.05, 0.1) is 12.5 Å². The fraction of sp³-hybridized carbons (Fsp3) is 0.533. The van der Waals surface area contributed by atoms with Crippen LogP contribution in [0.15, 0.2) is 18.2 Å². The summed E-state index contributed by atoms with van der Waals surface area (Å²) in [4.78, 5) is 11.9. The van der Waals surface area contributed by atoms with Crippen molar-refractivity contribution >= 4 is 5.91 Å². The van der Waals surface area contributed by atoms with E-state index in [1.807, 2.05) is 19.1 Å². The van der Waals surface area contributed by atoms with E-state index in [-0.39, 0.29) is 11.3 Å². The first-order valence-electron chi connectivity index (χ1n) is 6.73. The largest absolute Gasteiger partial charge is 0.496 e. The van der Waals surface area contributed by atoms with E-state index in [9.17, 15) is 4.79 Å². The minimum Gasteiger partial charge on any atom is -0.496 e. The standard InChI is InChI=1S/C15H22N2O2/c1-11-9-12(3-4-13(11)19-2)5-8-17-14(18)15(10-16)6-7-15/h3-4,9H,5-8,10,16H2,1-2H3,(H,17,18). The monoisotopic (exact) mass is 262 g/mol. The molecule has 2 rings (SSSR count). The lowest BCUT2D eigenvalue weighted by Gasteiger charge is -2.13. The number of carbonyl (C=O) groups excluding carboxylic acids is 1. The summed E-state index contributed by atoms with van der Waals surface area (Å²) in [6.45, 7) is 3.14. The normalized spacial score (nSPS) is 15.9. The van der Waals surface area contributed by atoms with Crippen LogP contribution in [0.5, 0.6) is 5.75 Å².